The Kier molecular flexibility index (Phi) is 6.49. The lowest BCUT2D eigenvalue weighted by Crippen LogP contribution is -2.41. The Morgan fingerprint density at radius 3 is 2.25 bits per heavy atom. The van der Waals surface area contributed by atoms with E-state index in [4.69, 9.17) is 0 Å². The molecule has 3 N–H and O–H groups in total. The van der Waals surface area contributed by atoms with Gasteiger partial charge in [0.15, 0.2) is 0 Å². The molecule has 110 valence electrons. The fourth-order valence-electron chi connectivity index (χ4n) is 1.41. The summed E-state index contributed by atoms with van der Waals surface area (Å²) < 4.78 is 12.7. The lowest BCUT2D eigenvalue weighted by molar-refractivity contribution is 0.0954. The highest BCUT2D eigenvalue weighted by Crippen LogP contribution is 2.01. The van der Waals surface area contributed by atoms with Gasteiger partial charge in [0.2, 0.25) is 0 Å². The van der Waals surface area contributed by atoms with Crippen molar-refractivity contribution in [2.24, 2.45) is 5.92 Å². The Morgan fingerprint density at radius 2 is 1.65 bits per heavy atom. The van der Waals surface area contributed by atoms with Gasteiger partial charge in [0.1, 0.15) is 5.82 Å². The molecule has 0 aromatic heterocycles. The summed E-state index contributed by atoms with van der Waals surface area (Å²) >= 11 is 0. The number of urea groups is 1. The quantitative estimate of drug-likeness (QED) is 0.692. The van der Waals surface area contributed by atoms with Crippen LogP contribution in [0, 0.1) is 11.7 Å². The van der Waals surface area contributed by atoms with E-state index in [-0.39, 0.29) is 17.8 Å². The van der Waals surface area contributed by atoms with Crippen molar-refractivity contribution < 1.29 is 14.0 Å². The number of carbonyl (C=O) groups is 2. The van der Waals surface area contributed by atoms with Crippen LogP contribution in [0.25, 0.3) is 0 Å². The maximum Gasteiger partial charge on any atom is 0.314 e. The van der Waals surface area contributed by atoms with Crippen LogP contribution in [0.1, 0.15) is 24.2 Å². The average Bonchev–Trinajstić information content (AvgIpc) is 2.42. The summed E-state index contributed by atoms with van der Waals surface area (Å²) in [4.78, 5) is 23.0. The average molecular weight is 281 g/mol. The molecule has 0 aliphatic rings. The predicted molar refractivity (Wildman–Crippen MR) is 75.0 cm³/mol. The van der Waals surface area contributed by atoms with E-state index in [1.54, 1.807) is 0 Å². The number of carbonyl (C=O) groups excluding carboxylic acids is 2. The van der Waals surface area contributed by atoms with Crippen molar-refractivity contribution in [3.63, 3.8) is 0 Å². The van der Waals surface area contributed by atoms with Crippen LogP contribution in [0.15, 0.2) is 24.3 Å². The van der Waals surface area contributed by atoms with Crippen LogP contribution >= 0.6 is 0 Å². The molecule has 1 rings (SSSR count). The van der Waals surface area contributed by atoms with Crippen molar-refractivity contribution in [3.8, 4) is 0 Å². The molecule has 5 nitrogen and oxygen atoms in total. The van der Waals surface area contributed by atoms with Gasteiger partial charge in [-0.25, -0.2) is 9.18 Å². The third-order valence-corrected chi connectivity index (χ3v) is 2.47. The molecule has 1 aromatic carbocycles. The summed E-state index contributed by atoms with van der Waals surface area (Å²) in [6.07, 6.45) is 0. The van der Waals surface area contributed by atoms with Gasteiger partial charge in [0.25, 0.3) is 5.91 Å². The standard InChI is InChI=1S/C14H20FN3O2/c1-10(2)9-18-14(20)17-8-7-16-13(19)11-3-5-12(15)6-4-11/h3-6,10H,7-9H2,1-2H3,(H,16,19)(H2,17,18,20). The summed E-state index contributed by atoms with van der Waals surface area (Å²) in [5, 5.41) is 7.97. The smallest absolute Gasteiger partial charge is 0.314 e. The fourth-order valence-corrected chi connectivity index (χ4v) is 1.41. The van der Waals surface area contributed by atoms with Gasteiger partial charge in [-0.3, -0.25) is 4.79 Å². The van der Waals surface area contributed by atoms with Crippen molar-refractivity contribution in [3.05, 3.63) is 35.6 Å². The number of amides is 3. The summed E-state index contributed by atoms with van der Waals surface area (Å²) in [7, 11) is 0. The number of hydrogen-bond acceptors (Lipinski definition) is 2. The molecule has 0 fully saturated rings. The first-order chi connectivity index (χ1) is 9.49. The van der Waals surface area contributed by atoms with Gasteiger partial charge in [0, 0.05) is 25.2 Å². The van der Waals surface area contributed by atoms with Gasteiger partial charge in [-0.05, 0) is 30.2 Å². The van der Waals surface area contributed by atoms with Gasteiger partial charge in [-0.2, -0.15) is 0 Å². The van der Waals surface area contributed by atoms with Crippen molar-refractivity contribution in [1.82, 2.24) is 16.0 Å². The molecule has 0 unspecified atom stereocenters. The number of hydrogen-bond donors (Lipinski definition) is 3. The predicted octanol–water partition coefficient (Wildman–Crippen LogP) is 1.51. The summed E-state index contributed by atoms with van der Waals surface area (Å²) in [5.41, 5.74) is 0.385. The molecule has 6 heteroatoms. The largest absolute Gasteiger partial charge is 0.350 e. The Hall–Kier alpha value is -2.11. The zero-order valence-corrected chi connectivity index (χ0v) is 11.7. The second kappa shape index (κ2) is 8.14. The van der Waals surface area contributed by atoms with E-state index in [0.29, 0.717) is 31.1 Å². The van der Waals surface area contributed by atoms with Crippen molar-refractivity contribution in [2.75, 3.05) is 19.6 Å². The first-order valence-electron chi connectivity index (χ1n) is 6.54. The number of nitrogens with one attached hydrogen (secondary N) is 3. The zero-order valence-electron chi connectivity index (χ0n) is 11.7. The van der Waals surface area contributed by atoms with Crippen molar-refractivity contribution in [1.29, 1.82) is 0 Å². The first-order valence-corrected chi connectivity index (χ1v) is 6.54. The van der Waals surface area contributed by atoms with Gasteiger partial charge >= 0.3 is 6.03 Å². The molecule has 0 bridgehead atoms. The Bertz CT molecular complexity index is 446. The van der Waals surface area contributed by atoms with Crippen LogP contribution in [0.3, 0.4) is 0 Å². The maximum absolute atomic E-state index is 12.7. The molecule has 0 saturated heterocycles. The Morgan fingerprint density at radius 1 is 1.05 bits per heavy atom. The van der Waals surface area contributed by atoms with Gasteiger partial charge in [0.05, 0.1) is 0 Å². The number of rotatable bonds is 6. The summed E-state index contributed by atoms with van der Waals surface area (Å²) in [5.74, 6) is -0.293. The molecule has 0 spiro atoms. The number of halogens is 1. The van der Waals surface area contributed by atoms with E-state index in [9.17, 15) is 14.0 Å². The molecule has 0 heterocycles. The third kappa shape index (κ3) is 6.17. The summed E-state index contributed by atoms with van der Waals surface area (Å²) in [6, 6.07) is 5.02. The van der Waals surface area contributed by atoms with Crippen LogP contribution in [-0.4, -0.2) is 31.6 Å². The number of benzene rings is 1. The van der Waals surface area contributed by atoms with E-state index in [0.717, 1.165) is 0 Å². The molecular formula is C14H20FN3O2. The minimum Gasteiger partial charge on any atom is -0.350 e. The third-order valence-electron chi connectivity index (χ3n) is 2.47. The molecule has 0 saturated carbocycles. The molecule has 3 amide bonds. The molecule has 0 aliphatic heterocycles. The minimum atomic E-state index is -0.384. The topological polar surface area (TPSA) is 70.2 Å². The van der Waals surface area contributed by atoms with E-state index >= 15 is 0 Å². The van der Waals surface area contributed by atoms with Crippen LogP contribution in [0.4, 0.5) is 9.18 Å². The van der Waals surface area contributed by atoms with Gasteiger partial charge in [-0.15, -0.1) is 0 Å². The lowest BCUT2D eigenvalue weighted by atomic mass is 10.2. The minimum absolute atomic E-state index is 0.255. The van der Waals surface area contributed by atoms with E-state index in [1.165, 1.54) is 24.3 Å². The monoisotopic (exact) mass is 281 g/mol. The van der Waals surface area contributed by atoms with Crippen LogP contribution < -0.4 is 16.0 Å². The normalized spacial score (nSPS) is 10.2. The van der Waals surface area contributed by atoms with Crippen LogP contribution in [0.2, 0.25) is 0 Å². The highest BCUT2D eigenvalue weighted by atomic mass is 19.1. The van der Waals surface area contributed by atoms with Crippen molar-refractivity contribution in [2.45, 2.75) is 13.8 Å². The molecule has 20 heavy (non-hydrogen) atoms. The maximum atomic E-state index is 12.7. The summed E-state index contributed by atoms with van der Waals surface area (Å²) in [6.45, 7) is 5.25. The zero-order chi connectivity index (χ0) is 15.0. The van der Waals surface area contributed by atoms with Gasteiger partial charge < -0.3 is 16.0 Å². The second-order valence-corrected chi connectivity index (χ2v) is 4.79. The Balaban J connectivity index is 2.19. The molecule has 0 atom stereocenters. The molecular weight excluding hydrogens is 261 g/mol. The highest BCUT2D eigenvalue weighted by Gasteiger charge is 2.05. The Labute approximate surface area is 117 Å². The van der Waals surface area contributed by atoms with Crippen molar-refractivity contribution >= 4 is 11.9 Å². The highest BCUT2D eigenvalue weighted by molar-refractivity contribution is 5.94. The molecule has 1 aromatic rings. The molecule has 0 aliphatic carbocycles. The van der Waals surface area contributed by atoms with E-state index < -0.39 is 0 Å². The van der Waals surface area contributed by atoms with Crippen LogP contribution in [-0.2, 0) is 0 Å². The molecule has 0 radical (unpaired) electrons. The SMILES string of the molecule is CC(C)CNC(=O)NCCNC(=O)c1ccc(F)cc1. The second-order valence-electron chi connectivity index (χ2n) is 4.79. The van der Waals surface area contributed by atoms with E-state index in [2.05, 4.69) is 16.0 Å². The fraction of sp³-hybridized carbons (Fsp3) is 0.429. The first kappa shape index (κ1) is 15.9. The van der Waals surface area contributed by atoms with Gasteiger partial charge in [-0.1, -0.05) is 13.8 Å². The van der Waals surface area contributed by atoms with Crippen LogP contribution in [0.5, 0.6) is 0 Å². The van der Waals surface area contributed by atoms with E-state index in [1.807, 2.05) is 13.8 Å². The lowest BCUT2D eigenvalue weighted by Gasteiger charge is -2.10.